The van der Waals surface area contributed by atoms with Gasteiger partial charge >= 0.3 is 0 Å². The average molecular weight is 272 g/mol. The monoisotopic (exact) mass is 272 g/mol. The highest BCUT2D eigenvalue weighted by molar-refractivity contribution is 7.17. The second kappa shape index (κ2) is 3.85. The summed E-state index contributed by atoms with van der Waals surface area (Å²) in [6, 6.07) is 4.03. The number of thiophene rings is 1. The van der Waals surface area contributed by atoms with E-state index in [9.17, 15) is 0 Å². The molecule has 3 aromatic rings. The normalized spacial score (nSPS) is 17.5. The van der Waals surface area contributed by atoms with Crippen molar-refractivity contribution >= 4 is 21.6 Å². The molecule has 0 aliphatic heterocycles. The number of nitrogens with zero attached hydrogens (tertiary/aromatic N) is 3. The van der Waals surface area contributed by atoms with Gasteiger partial charge in [-0.15, -0.1) is 11.3 Å². The van der Waals surface area contributed by atoms with Gasteiger partial charge in [-0.05, 0) is 36.8 Å². The first kappa shape index (κ1) is 11.1. The fourth-order valence-corrected chi connectivity index (χ4v) is 3.06. The predicted octanol–water partition coefficient (Wildman–Crippen LogP) is 2.68. The molecule has 2 N–H and O–H groups in total. The summed E-state index contributed by atoms with van der Waals surface area (Å²) >= 11 is 1.65. The zero-order chi connectivity index (χ0) is 12.9. The van der Waals surface area contributed by atoms with Crippen molar-refractivity contribution in [3.63, 3.8) is 0 Å². The molecule has 5 nitrogen and oxygen atoms in total. The summed E-state index contributed by atoms with van der Waals surface area (Å²) < 4.78 is 6.43. The smallest absolute Gasteiger partial charge is 0.247 e. The minimum Gasteiger partial charge on any atom is -0.337 e. The van der Waals surface area contributed by atoms with Crippen LogP contribution < -0.4 is 5.73 Å². The first-order chi connectivity index (χ1) is 9.24. The van der Waals surface area contributed by atoms with Crippen molar-refractivity contribution in [1.29, 1.82) is 0 Å². The van der Waals surface area contributed by atoms with E-state index in [0.29, 0.717) is 11.7 Å². The van der Waals surface area contributed by atoms with Gasteiger partial charge in [0.05, 0.1) is 15.8 Å². The maximum absolute atomic E-state index is 6.18. The number of nitrogens with two attached hydrogens (primary N) is 1. The molecule has 0 spiro atoms. The molecule has 3 heterocycles. The summed E-state index contributed by atoms with van der Waals surface area (Å²) in [5.41, 5.74) is 7.63. The largest absolute Gasteiger partial charge is 0.337 e. The van der Waals surface area contributed by atoms with Gasteiger partial charge in [0.15, 0.2) is 0 Å². The predicted molar refractivity (Wildman–Crippen MR) is 72.6 cm³/mol. The lowest BCUT2D eigenvalue weighted by Crippen LogP contribution is -2.43. The molecule has 0 amide bonds. The molecule has 3 aromatic heterocycles. The zero-order valence-corrected chi connectivity index (χ0v) is 11.0. The highest BCUT2D eigenvalue weighted by Gasteiger charge is 2.39. The van der Waals surface area contributed by atoms with E-state index in [2.05, 4.69) is 15.1 Å². The van der Waals surface area contributed by atoms with Crippen LogP contribution in [0.15, 0.2) is 28.2 Å². The third-order valence-corrected chi connectivity index (χ3v) is 4.51. The molecule has 1 aliphatic carbocycles. The Morgan fingerprint density at radius 3 is 3.05 bits per heavy atom. The first-order valence-corrected chi connectivity index (χ1v) is 7.09. The third-order valence-electron chi connectivity index (χ3n) is 3.66. The van der Waals surface area contributed by atoms with E-state index in [1.54, 1.807) is 17.5 Å². The number of fused-ring (bicyclic) bond motifs is 1. The van der Waals surface area contributed by atoms with Crippen molar-refractivity contribution < 1.29 is 4.52 Å². The lowest BCUT2D eigenvalue weighted by atomic mass is 9.78. The number of aromatic nitrogens is 3. The van der Waals surface area contributed by atoms with Crippen molar-refractivity contribution in [3.8, 4) is 11.4 Å². The molecule has 0 radical (unpaired) electrons. The fourth-order valence-electron chi connectivity index (χ4n) is 2.28. The molecule has 0 atom stereocenters. The quantitative estimate of drug-likeness (QED) is 0.776. The Morgan fingerprint density at radius 1 is 1.37 bits per heavy atom. The van der Waals surface area contributed by atoms with Gasteiger partial charge in [0, 0.05) is 11.8 Å². The summed E-state index contributed by atoms with van der Waals surface area (Å²) in [6.07, 6.45) is 4.72. The van der Waals surface area contributed by atoms with E-state index in [-0.39, 0.29) is 0 Å². The highest BCUT2D eigenvalue weighted by atomic mass is 32.1. The second-order valence-electron chi connectivity index (χ2n) is 4.96. The van der Waals surface area contributed by atoms with Crippen molar-refractivity contribution in [2.24, 2.45) is 5.73 Å². The maximum atomic E-state index is 6.18. The van der Waals surface area contributed by atoms with Gasteiger partial charge in [-0.1, -0.05) is 5.16 Å². The molecule has 0 bridgehead atoms. The Balaban J connectivity index is 1.75. The number of pyridine rings is 1. The van der Waals surface area contributed by atoms with Crippen LogP contribution in [-0.2, 0) is 5.54 Å². The molecule has 0 saturated heterocycles. The summed E-state index contributed by atoms with van der Waals surface area (Å²) in [6.45, 7) is 0. The van der Waals surface area contributed by atoms with Gasteiger partial charge in [0.2, 0.25) is 11.7 Å². The van der Waals surface area contributed by atoms with E-state index in [1.807, 2.05) is 17.5 Å². The van der Waals surface area contributed by atoms with Gasteiger partial charge in [-0.2, -0.15) is 4.98 Å². The molecule has 1 saturated carbocycles. The molecular weight excluding hydrogens is 260 g/mol. The van der Waals surface area contributed by atoms with Crippen molar-refractivity contribution in [2.75, 3.05) is 0 Å². The van der Waals surface area contributed by atoms with Gasteiger partial charge < -0.3 is 10.3 Å². The summed E-state index contributed by atoms with van der Waals surface area (Å²) in [7, 11) is 0. The highest BCUT2D eigenvalue weighted by Crippen LogP contribution is 2.38. The minimum atomic E-state index is -0.411. The van der Waals surface area contributed by atoms with Crippen molar-refractivity contribution in [1.82, 2.24) is 15.1 Å². The number of rotatable bonds is 2. The van der Waals surface area contributed by atoms with E-state index in [0.717, 1.165) is 35.0 Å². The fraction of sp³-hybridized carbons (Fsp3) is 0.308. The average Bonchev–Trinajstić information content (AvgIpc) is 3.03. The van der Waals surface area contributed by atoms with Crippen LogP contribution in [0, 0.1) is 0 Å². The van der Waals surface area contributed by atoms with E-state index >= 15 is 0 Å². The van der Waals surface area contributed by atoms with Crippen LogP contribution in [0.2, 0.25) is 0 Å². The lowest BCUT2D eigenvalue weighted by Gasteiger charge is -2.33. The molecule has 96 valence electrons. The van der Waals surface area contributed by atoms with E-state index in [4.69, 9.17) is 10.3 Å². The standard InChI is InChI=1S/C13H12N4OS/c14-13(3-1-4-13)12-16-11(17-18-12)8-6-10-9(15-7-8)2-5-19-10/h2,5-7H,1,3-4,14H2. The maximum Gasteiger partial charge on any atom is 0.247 e. The third kappa shape index (κ3) is 1.67. The summed E-state index contributed by atoms with van der Waals surface area (Å²) in [4.78, 5) is 8.81. The molecule has 1 fully saturated rings. The molecular formula is C13H12N4OS. The van der Waals surface area contributed by atoms with E-state index < -0.39 is 5.54 Å². The zero-order valence-electron chi connectivity index (χ0n) is 10.2. The van der Waals surface area contributed by atoms with Crippen LogP contribution in [-0.4, -0.2) is 15.1 Å². The summed E-state index contributed by atoms with van der Waals surface area (Å²) in [5.74, 6) is 1.11. The van der Waals surface area contributed by atoms with Gasteiger partial charge in [0.25, 0.3) is 0 Å². The van der Waals surface area contributed by atoms with Crippen LogP contribution in [0.5, 0.6) is 0 Å². The van der Waals surface area contributed by atoms with Gasteiger partial charge in [-0.3, -0.25) is 4.98 Å². The molecule has 6 heteroatoms. The topological polar surface area (TPSA) is 77.8 Å². The van der Waals surface area contributed by atoms with Gasteiger partial charge in [0.1, 0.15) is 0 Å². The Kier molecular flexibility index (Phi) is 2.24. The van der Waals surface area contributed by atoms with Crippen LogP contribution in [0.1, 0.15) is 25.2 Å². The van der Waals surface area contributed by atoms with Gasteiger partial charge in [-0.25, -0.2) is 0 Å². The minimum absolute atomic E-state index is 0.411. The van der Waals surface area contributed by atoms with E-state index in [1.165, 1.54) is 0 Å². The van der Waals surface area contributed by atoms with Crippen molar-refractivity contribution in [3.05, 3.63) is 29.6 Å². The van der Waals surface area contributed by atoms with Crippen molar-refractivity contribution in [2.45, 2.75) is 24.8 Å². The Labute approximate surface area is 113 Å². The Hall–Kier alpha value is -1.79. The Morgan fingerprint density at radius 2 is 2.26 bits per heavy atom. The summed E-state index contributed by atoms with van der Waals surface area (Å²) in [5, 5.41) is 6.04. The SMILES string of the molecule is NC1(c2nc(-c3cnc4ccsc4c3)no2)CCC1. The molecule has 0 aromatic carbocycles. The molecule has 4 rings (SSSR count). The lowest BCUT2D eigenvalue weighted by molar-refractivity contribution is 0.181. The van der Waals surface area contributed by atoms with Crippen LogP contribution in [0.25, 0.3) is 21.6 Å². The van der Waals surface area contributed by atoms with Crippen LogP contribution >= 0.6 is 11.3 Å². The molecule has 1 aliphatic rings. The first-order valence-electron chi connectivity index (χ1n) is 6.21. The molecule has 0 unspecified atom stereocenters. The Bertz CT molecular complexity index is 744. The number of hydrogen-bond acceptors (Lipinski definition) is 6. The second-order valence-corrected chi connectivity index (χ2v) is 5.91. The number of hydrogen-bond donors (Lipinski definition) is 1. The van der Waals surface area contributed by atoms with Crippen LogP contribution in [0.3, 0.4) is 0 Å². The molecule has 19 heavy (non-hydrogen) atoms. The van der Waals surface area contributed by atoms with Crippen LogP contribution in [0.4, 0.5) is 0 Å².